The van der Waals surface area contributed by atoms with E-state index in [0.717, 1.165) is 27.5 Å². The minimum absolute atomic E-state index is 0.0304. The van der Waals surface area contributed by atoms with E-state index in [9.17, 15) is 23.1 Å². The Morgan fingerprint density at radius 2 is 2.08 bits per heavy atom. The molecule has 1 aliphatic rings. The monoisotopic (exact) mass is 571 g/mol. The van der Waals surface area contributed by atoms with Crippen LogP contribution in [0.4, 0.5) is 13.2 Å². The van der Waals surface area contributed by atoms with Crippen LogP contribution in [-0.4, -0.2) is 75.2 Å². The summed E-state index contributed by atoms with van der Waals surface area (Å²) in [6, 6.07) is 0.0304. The Hall–Kier alpha value is -2.44. The molecule has 0 unspecified atom stereocenters. The first kappa shape index (κ1) is 31.1. The standard InChI is InChI=1S/C27H40F3N5O3S/c1-6-7-22-21(16-35(5)33-22)18(2)24(36)32-20-8-11-26(37,12-9-20)13-15-34(4)14-10-23-19(3)31-25(39-23)38-17-27(28,29)30/h6-7,16,18,20,37H,8-15,17H2,1-5H3,(H,32,36)/b7-6-/t18-,20?,26?/m1/s1. The fourth-order valence-electron chi connectivity index (χ4n) is 4.80. The summed E-state index contributed by atoms with van der Waals surface area (Å²) in [6.07, 6.45) is 5.23. The number of hydrogen-bond donors (Lipinski definition) is 2. The quantitative estimate of drug-likeness (QED) is 0.387. The minimum Gasteiger partial charge on any atom is -0.460 e. The highest BCUT2D eigenvalue weighted by molar-refractivity contribution is 7.13. The van der Waals surface area contributed by atoms with Gasteiger partial charge in [-0.3, -0.25) is 9.48 Å². The molecule has 12 heteroatoms. The van der Waals surface area contributed by atoms with E-state index in [4.69, 9.17) is 4.74 Å². The van der Waals surface area contributed by atoms with Crippen LogP contribution in [-0.2, 0) is 18.3 Å². The second-order valence-electron chi connectivity index (χ2n) is 10.6. The number of alkyl halides is 3. The Balaban J connectivity index is 1.41. The van der Waals surface area contributed by atoms with Crippen LogP contribution >= 0.6 is 11.3 Å². The van der Waals surface area contributed by atoms with Crippen LogP contribution in [0.2, 0.25) is 0 Å². The summed E-state index contributed by atoms with van der Waals surface area (Å²) in [4.78, 5) is 20.0. The predicted octanol–water partition coefficient (Wildman–Crippen LogP) is 4.62. The van der Waals surface area contributed by atoms with Gasteiger partial charge >= 0.3 is 6.18 Å². The number of halogens is 3. The Morgan fingerprint density at radius 1 is 1.38 bits per heavy atom. The molecule has 1 aliphatic carbocycles. The first-order valence-corrected chi connectivity index (χ1v) is 14.1. The van der Waals surface area contributed by atoms with Crippen molar-refractivity contribution >= 4 is 23.3 Å². The fourth-order valence-corrected chi connectivity index (χ4v) is 5.70. The third-order valence-corrected chi connectivity index (χ3v) is 8.38. The Morgan fingerprint density at radius 3 is 2.72 bits per heavy atom. The van der Waals surface area contributed by atoms with Crippen molar-refractivity contribution < 1.29 is 27.8 Å². The summed E-state index contributed by atoms with van der Waals surface area (Å²) in [5.74, 6) is -0.358. The van der Waals surface area contributed by atoms with Crippen molar-refractivity contribution in [1.82, 2.24) is 25.0 Å². The van der Waals surface area contributed by atoms with Gasteiger partial charge in [-0.05, 0) is 72.4 Å². The molecule has 218 valence electrons. The van der Waals surface area contributed by atoms with E-state index in [2.05, 4.69) is 20.3 Å². The van der Waals surface area contributed by atoms with Crippen molar-refractivity contribution in [2.45, 2.75) is 83.0 Å². The van der Waals surface area contributed by atoms with Gasteiger partial charge in [-0.25, -0.2) is 4.98 Å². The van der Waals surface area contributed by atoms with Crippen LogP contribution < -0.4 is 10.1 Å². The minimum atomic E-state index is -4.39. The van der Waals surface area contributed by atoms with E-state index >= 15 is 0 Å². The number of aliphatic hydroxyl groups is 1. The van der Waals surface area contributed by atoms with Gasteiger partial charge in [-0.2, -0.15) is 18.3 Å². The van der Waals surface area contributed by atoms with Gasteiger partial charge in [0, 0.05) is 42.8 Å². The number of rotatable bonds is 12. The Bertz CT molecular complexity index is 1120. The number of nitrogens with one attached hydrogen (secondary N) is 1. The molecule has 1 atom stereocenters. The number of aryl methyl sites for hydroxylation is 2. The molecule has 0 saturated heterocycles. The third kappa shape index (κ3) is 9.32. The van der Waals surface area contributed by atoms with Crippen molar-refractivity contribution in [3.63, 3.8) is 0 Å². The number of nitrogens with zero attached hydrogens (tertiary/aromatic N) is 4. The second kappa shape index (κ2) is 13.3. The summed E-state index contributed by atoms with van der Waals surface area (Å²) in [5.41, 5.74) is 1.59. The number of hydrogen-bond acceptors (Lipinski definition) is 7. The molecule has 39 heavy (non-hydrogen) atoms. The smallest absolute Gasteiger partial charge is 0.422 e. The molecule has 0 aliphatic heterocycles. The maximum absolute atomic E-state index is 12.9. The van der Waals surface area contributed by atoms with Gasteiger partial charge in [0.25, 0.3) is 5.19 Å². The summed E-state index contributed by atoms with van der Waals surface area (Å²) in [5, 5.41) is 18.8. The van der Waals surface area contributed by atoms with E-state index in [1.807, 2.05) is 46.3 Å². The molecule has 2 heterocycles. The molecule has 2 aromatic rings. The van der Waals surface area contributed by atoms with Crippen LogP contribution in [0.5, 0.6) is 5.19 Å². The lowest BCUT2D eigenvalue weighted by Gasteiger charge is -2.37. The SMILES string of the molecule is C/C=C\c1nn(C)cc1[C@@H](C)C(=O)NC1CCC(O)(CCN(C)CCc2sc(OCC(F)(F)F)nc2C)CC1. The average Bonchev–Trinajstić information content (AvgIpc) is 3.42. The maximum Gasteiger partial charge on any atom is 0.422 e. The zero-order valence-electron chi connectivity index (χ0n) is 23.3. The van der Waals surface area contributed by atoms with Gasteiger partial charge in [0.15, 0.2) is 6.61 Å². The maximum atomic E-state index is 12.9. The average molecular weight is 572 g/mol. The number of carbonyl (C=O) groups is 1. The van der Waals surface area contributed by atoms with Gasteiger partial charge in [0.2, 0.25) is 5.91 Å². The van der Waals surface area contributed by atoms with E-state index in [1.165, 1.54) is 0 Å². The number of ether oxygens (including phenoxy) is 1. The molecule has 0 aromatic carbocycles. The van der Waals surface area contributed by atoms with Crippen molar-refractivity contribution in [1.29, 1.82) is 0 Å². The van der Waals surface area contributed by atoms with E-state index in [-0.39, 0.29) is 23.1 Å². The molecule has 0 radical (unpaired) electrons. The highest BCUT2D eigenvalue weighted by atomic mass is 32.1. The number of allylic oxidation sites excluding steroid dienone is 1. The molecule has 1 fully saturated rings. The number of carbonyl (C=O) groups excluding carboxylic acids is 1. The summed E-state index contributed by atoms with van der Waals surface area (Å²) in [6.45, 7) is 5.61. The van der Waals surface area contributed by atoms with Gasteiger partial charge < -0.3 is 20.1 Å². The largest absolute Gasteiger partial charge is 0.460 e. The zero-order chi connectivity index (χ0) is 28.8. The van der Waals surface area contributed by atoms with Crippen molar-refractivity contribution in [3.05, 3.63) is 34.1 Å². The zero-order valence-corrected chi connectivity index (χ0v) is 24.2. The first-order chi connectivity index (χ1) is 18.3. The van der Waals surface area contributed by atoms with Crippen molar-refractivity contribution in [2.75, 3.05) is 26.7 Å². The van der Waals surface area contributed by atoms with Gasteiger partial charge in [-0.1, -0.05) is 17.4 Å². The fraction of sp³-hybridized carbons (Fsp3) is 0.667. The lowest BCUT2D eigenvalue weighted by atomic mass is 9.80. The van der Waals surface area contributed by atoms with Crippen LogP contribution in [0, 0.1) is 6.92 Å². The molecule has 2 aromatic heterocycles. The molecule has 3 rings (SSSR count). The Labute approximate surface area is 232 Å². The lowest BCUT2D eigenvalue weighted by molar-refractivity contribution is -0.153. The first-order valence-electron chi connectivity index (χ1n) is 13.3. The molecule has 0 spiro atoms. The van der Waals surface area contributed by atoms with E-state index < -0.39 is 18.4 Å². The van der Waals surface area contributed by atoms with Crippen LogP contribution in [0.3, 0.4) is 0 Å². The molecule has 1 saturated carbocycles. The molecular formula is C27H40F3N5O3S. The molecular weight excluding hydrogens is 531 g/mol. The number of aromatic nitrogens is 3. The highest BCUT2D eigenvalue weighted by Gasteiger charge is 2.34. The molecule has 0 bridgehead atoms. The number of likely N-dealkylation sites (N-methyl/N-ethyl adjacent to an activating group) is 1. The normalized spacial score (nSPS) is 21.0. The summed E-state index contributed by atoms with van der Waals surface area (Å²) >= 11 is 1.15. The van der Waals surface area contributed by atoms with E-state index in [0.29, 0.717) is 57.3 Å². The van der Waals surface area contributed by atoms with E-state index in [1.54, 1.807) is 11.6 Å². The van der Waals surface area contributed by atoms with Gasteiger partial charge in [0.1, 0.15) is 0 Å². The topological polar surface area (TPSA) is 92.5 Å². The van der Waals surface area contributed by atoms with Crippen LogP contribution in [0.25, 0.3) is 6.08 Å². The Kier molecular flexibility index (Phi) is 10.6. The number of amides is 1. The van der Waals surface area contributed by atoms with Crippen molar-refractivity contribution in [2.24, 2.45) is 7.05 Å². The van der Waals surface area contributed by atoms with Gasteiger partial charge in [-0.15, -0.1) is 0 Å². The highest BCUT2D eigenvalue weighted by Crippen LogP contribution is 2.32. The molecule has 1 amide bonds. The van der Waals surface area contributed by atoms with Crippen LogP contribution in [0.1, 0.15) is 73.7 Å². The van der Waals surface area contributed by atoms with Crippen LogP contribution in [0.15, 0.2) is 12.3 Å². The third-order valence-electron chi connectivity index (χ3n) is 7.25. The van der Waals surface area contributed by atoms with Gasteiger partial charge in [0.05, 0.1) is 22.9 Å². The lowest BCUT2D eigenvalue weighted by Crippen LogP contribution is -2.45. The second-order valence-corrected chi connectivity index (χ2v) is 11.6. The summed E-state index contributed by atoms with van der Waals surface area (Å²) < 4.78 is 43.6. The molecule has 8 nitrogen and oxygen atoms in total. The number of thiazole rings is 1. The summed E-state index contributed by atoms with van der Waals surface area (Å²) in [7, 11) is 3.81. The van der Waals surface area contributed by atoms with Crippen molar-refractivity contribution in [3.8, 4) is 5.19 Å². The predicted molar refractivity (Wildman–Crippen MR) is 146 cm³/mol. The molecule has 2 N–H and O–H groups in total.